The second-order valence-electron chi connectivity index (χ2n) is 8.81. The Bertz CT molecular complexity index is 529. The fourth-order valence-corrected chi connectivity index (χ4v) is 7.78. The Morgan fingerprint density at radius 2 is 2.00 bits per heavy atom. The van der Waals surface area contributed by atoms with E-state index in [-0.39, 0.29) is 11.6 Å². The quantitative estimate of drug-likeness (QED) is 0.348. The highest BCUT2D eigenvalue weighted by Crippen LogP contribution is 2.75. The highest BCUT2D eigenvalue weighted by atomic mass is 16.6. The maximum Gasteiger partial charge on any atom is 0.316 e. The predicted octanol–water partition coefficient (Wildman–Crippen LogP) is 3.22. The monoisotopic (exact) mass is 302 g/mol. The maximum absolute atomic E-state index is 12.4. The smallest absolute Gasteiger partial charge is 0.316 e. The Balaban J connectivity index is 1.53. The van der Waals surface area contributed by atoms with E-state index in [0.717, 1.165) is 42.3 Å². The minimum absolute atomic E-state index is 0.190. The van der Waals surface area contributed by atoms with Crippen molar-refractivity contribution in [2.24, 2.45) is 47.3 Å². The molecule has 120 valence electrons. The molecule has 9 unspecified atom stereocenters. The van der Waals surface area contributed by atoms with Crippen LogP contribution in [0.3, 0.4) is 0 Å². The first-order chi connectivity index (χ1) is 10.7. The highest BCUT2D eigenvalue weighted by molar-refractivity contribution is 5.87. The number of fused-ring (bicyclic) bond motifs is 12. The van der Waals surface area contributed by atoms with Crippen LogP contribution in [0.1, 0.15) is 51.9 Å². The number of hydrogen-bond acceptors (Lipinski definition) is 3. The van der Waals surface area contributed by atoms with Gasteiger partial charge >= 0.3 is 5.97 Å². The van der Waals surface area contributed by atoms with Crippen molar-refractivity contribution in [2.75, 3.05) is 0 Å². The average molecular weight is 302 g/mol. The first kappa shape index (κ1) is 13.6. The summed E-state index contributed by atoms with van der Waals surface area (Å²) in [6, 6.07) is 0. The molecule has 5 aliphatic rings. The van der Waals surface area contributed by atoms with Crippen LogP contribution in [-0.2, 0) is 14.3 Å². The van der Waals surface area contributed by atoms with E-state index >= 15 is 0 Å². The number of ether oxygens (including phenoxy) is 1. The molecule has 0 amide bonds. The summed E-state index contributed by atoms with van der Waals surface area (Å²) in [5.74, 6) is 4.51. The van der Waals surface area contributed by atoms with Crippen LogP contribution in [0.15, 0.2) is 0 Å². The molecule has 5 saturated carbocycles. The molecule has 5 aliphatic carbocycles. The molecule has 5 rings (SSSR count). The predicted molar refractivity (Wildman–Crippen MR) is 80.8 cm³/mol. The van der Waals surface area contributed by atoms with Crippen molar-refractivity contribution in [2.45, 2.75) is 57.5 Å². The lowest BCUT2D eigenvalue weighted by Gasteiger charge is -2.47. The van der Waals surface area contributed by atoms with Gasteiger partial charge in [-0.2, -0.15) is 0 Å². The van der Waals surface area contributed by atoms with E-state index in [1.807, 2.05) is 0 Å². The van der Waals surface area contributed by atoms with Crippen molar-refractivity contribution >= 4 is 12.3 Å². The van der Waals surface area contributed by atoms with Gasteiger partial charge in [-0.1, -0.05) is 6.42 Å². The molecule has 0 aromatic carbocycles. The standard InChI is InChI=1S/C19H26O3/c1-10(9-20)18(21)22-19-8-14(13-3-2-4-15(13)19)16-11-5-6-12(7-11)17(16)19/h9-17H,2-8H2,1H3. The van der Waals surface area contributed by atoms with Crippen LogP contribution in [0.2, 0.25) is 0 Å². The molecule has 3 heteroatoms. The first-order valence-corrected chi connectivity index (χ1v) is 9.34. The molecule has 0 aromatic heterocycles. The molecule has 4 bridgehead atoms. The lowest BCUT2D eigenvalue weighted by molar-refractivity contribution is -0.181. The topological polar surface area (TPSA) is 43.4 Å². The SMILES string of the molecule is CC(C=O)C(=O)OC12CC(C3CCCC31)C1C3CCC(C3)C12. The van der Waals surface area contributed by atoms with Crippen molar-refractivity contribution in [3.05, 3.63) is 0 Å². The van der Waals surface area contributed by atoms with Gasteiger partial charge < -0.3 is 9.53 Å². The molecule has 0 spiro atoms. The molecule has 0 aromatic rings. The van der Waals surface area contributed by atoms with Crippen LogP contribution >= 0.6 is 0 Å². The van der Waals surface area contributed by atoms with Gasteiger partial charge in [0.1, 0.15) is 17.8 Å². The second kappa shape index (κ2) is 4.36. The molecule has 5 fully saturated rings. The molecule has 0 radical (unpaired) electrons. The van der Waals surface area contributed by atoms with Crippen LogP contribution in [0.25, 0.3) is 0 Å². The fourth-order valence-electron chi connectivity index (χ4n) is 7.78. The first-order valence-electron chi connectivity index (χ1n) is 9.34. The molecular weight excluding hydrogens is 276 g/mol. The molecule has 22 heavy (non-hydrogen) atoms. The summed E-state index contributed by atoms with van der Waals surface area (Å²) < 4.78 is 6.25. The zero-order valence-corrected chi connectivity index (χ0v) is 13.4. The van der Waals surface area contributed by atoms with E-state index in [0.29, 0.717) is 11.8 Å². The lowest BCUT2D eigenvalue weighted by Crippen LogP contribution is -2.51. The van der Waals surface area contributed by atoms with Gasteiger partial charge in [-0.05, 0) is 75.0 Å². The zero-order chi connectivity index (χ0) is 15.1. The number of carbonyl (C=O) groups excluding carboxylic acids is 2. The molecular formula is C19H26O3. The zero-order valence-electron chi connectivity index (χ0n) is 13.4. The van der Waals surface area contributed by atoms with Gasteiger partial charge in [-0.25, -0.2) is 0 Å². The van der Waals surface area contributed by atoms with Crippen LogP contribution in [0, 0.1) is 47.3 Å². The minimum atomic E-state index is -0.606. The van der Waals surface area contributed by atoms with Gasteiger partial charge in [0, 0.05) is 11.8 Å². The van der Waals surface area contributed by atoms with Crippen LogP contribution in [0.4, 0.5) is 0 Å². The number of hydrogen-bond donors (Lipinski definition) is 0. The van der Waals surface area contributed by atoms with E-state index in [9.17, 15) is 9.59 Å². The van der Waals surface area contributed by atoms with Crippen molar-refractivity contribution in [1.82, 2.24) is 0 Å². The minimum Gasteiger partial charge on any atom is -0.458 e. The maximum atomic E-state index is 12.4. The second-order valence-corrected chi connectivity index (χ2v) is 8.81. The third kappa shape index (κ3) is 1.44. The molecule has 0 heterocycles. The number of rotatable bonds is 3. The molecule has 0 saturated heterocycles. The van der Waals surface area contributed by atoms with Crippen molar-refractivity contribution in [3.8, 4) is 0 Å². The van der Waals surface area contributed by atoms with Crippen molar-refractivity contribution in [1.29, 1.82) is 0 Å². The number of carbonyl (C=O) groups is 2. The summed E-state index contributed by atoms with van der Waals surface area (Å²) in [7, 11) is 0. The van der Waals surface area contributed by atoms with E-state index < -0.39 is 5.92 Å². The van der Waals surface area contributed by atoms with Gasteiger partial charge in [-0.15, -0.1) is 0 Å². The summed E-state index contributed by atoms with van der Waals surface area (Å²) in [4.78, 5) is 23.4. The van der Waals surface area contributed by atoms with E-state index in [2.05, 4.69) is 0 Å². The third-order valence-corrected chi connectivity index (χ3v) is 8.21. The van der Waals surface area contributed by atoms with Crippen molar-refractivity contribution < 1.29 is 14.3 Å². The summed E-state index contributed by atoms with van der Waals surface area (Å²) in [6.07, 6.45) is 9.89. The molecule has 0 N–H and O–H groups in total. The Kier molecular flexibility index (Phi) is 2.69. The van der Waals surface area contributed by atoms with Gasteiger partial charge in [0.25, 0.3) is 0 Å². The van der Waals surface area contributed by atoms with Gasteiger partial charge in [0.15, 0.2) is 0 Å². The molecule has 9 atom stereocenters. The number of esters is 1. The Morgan fingerprint density at radius 1 is 1.18 bits per heavy atom. The van der Waals surface area contributed by atoms with E-state index in [1.165, 1.54) is 38.5 Å². The summed E-state index contributed by atoms with van der Waals surface area (Å²) >= 11 is 0. The third-order valence-electron chi connectivity index (χ3n) is 8.21. The van der Waals surface area contributed by atoms with Crippen LogP contribution in [-0.4, -0.2) is 17.9 Å². The summed E-state index contributed by atoms with van der Waals surface area (Å²) in [6.45, 7) is 1.68. The van der Waals surface area contributed by atoms with Gasteiger partial charge in [-0.3, -0.25) is 4.79 Å². The summed E-state index contributed by atoms with van der Waals surface area (Å²) in [5, 5.41) is 0. The van der Waals surface area contributed by atoms with E-state index in [1.54, 1.807) is 6.92 Å². The Morgan fingerprint density at radius 3 is 2.82 bits per heavy atom. The Labute approximate surface area is 132 Å². The number of aldehydes is 1. The van der Waals surface area contributed by atoms with Gasteiger partial charge in [0.05, 0.1) is 0 Å². The molecule has 0 aliphatic heterocycles. The molecule has 3 nitrogen and oxygen atoms in total. The highest BCUT2D eigenvalue weighted by Gasteiger charge is 2.74. The summed E-state index contributed by atoms with van der Waals surface area (Å²) in [5.41, 5.74) is -0.190. The van der Waals surface area contributed by atoms with Crippen molar-refractivity contribution in [3.63, 3.8) is 0 Å². The fraction of sp³-hybridized carbons (Fsp3) is 0.895. The van der Waals surface area contributed by atoms with E-state index in [4.69, 9.17) is 4.74 Å². The average Bonchev–Trinajstić information content (AvgIpc) is 3.27. The van der Waals surface area contributed by atoms with Crippen LogP contribution in [0.5, 0.6) is 0 Å². The largest absolute Gasteiger partial charge is 0.458 e. The Hall–Kier alpha value is -0.860. The van der Waals surface area contributed by atoms with Gasteiger partial charge in [0.2, 0.25) is 0 Å². The van der Waals surface area contributed by atoms with Crippen LogP contribution < -0.4 is 0 Å². The normalized spacial score (nSPS) is 55.0. The lowest BCUT2D eigenvalue weighted by atomic mass is 9.62.